The monoisotopic (exact) mass is 475 g/mol. The van der Waals surface area contributed by atoms with Crippen LogP contribution in [0.2, 0.25) is 0 Å². The van der Waals surface area contributed by atoms with E-state index in [0.29, 0.717) is 19.1 Å². The molecule has 1 saturated heterocycles. The number of aliphatic hydroxyl groups is 1. The summed E-state index contributed by atoms with van der Waals surface area (Å²) in [6, 6.07) is 9.00. The van der Waals surface area contributed by atoms with Crippen LogP contribution in [0.5, 0.6) is 0 Å². The molecule has 2 atom stereocenters. The van der Waals surface area contributed by atoms with Crippen molar-refractivity contribution in [2.45, 2.75) is 109 Å². The van der Waals surface area contributed by atoms with Crippen LogP contribution in [0.1, 0.15) is 130 Å². The van der Waals surface area contributed by atoms with Crippen LogP contribution in [0.3, 0.4) is 0 Å². The number of aromatic nitrogens is 1. The number of hydrogen-bond acceptors (Lipinski definition) is 4. The summed E-state index contributed by atoms with van der Waals surface area (Å²) in [6.45, 7) is 12.7. The summed E-state index contributed by atoms with van der Waals surface area (Å²) in [6.07, 6.45) is 6.66. The Balaban J connectivity index is 1.55. The van der Waals surface area contributed by atoms with Gasteiger partial charge in [0, 0.05) is 48.6 Å². The van der Waals surface area contributed by atoms with Gasteiger partial charge >= 0.3 is 0 Å². The average molecular weight is 476 g/mol. The Kier molecular flexibility index (Phi) is 5.49. The molecule has 35 heavy (non-hydrogen) atoms. The molecule has 4 heteroatoms. The number of ether oxygens (including phenoxy) is 2. The quantitative estimate of drug-likeness (QED) is 0.520. The smallest absolute Gasteiger partial charge is 0.111 e. The molecule has 1 saturated carbocycles. The summed E-state index contributed by atoms with van der Waals surface area (Å²) in [4.78, 5) is 5.35. The number of nitrogens with zero attached hydrogens (tertiary/aromatic N) is 1. The highest BCUT2D eigenvalue weighted by molar-refractivity contribution is 5.54. The first-order valence-corrected chi connectivity index (χ1v) is 13.7. The fourth-order valence-corrected chi connectivity index (χ4v) is 7.18. The first-order chi connectivity index (χ1) is 16.6. The van der Waals surface area contributed by atoms with Gasteiger partial charge in [-0.3, -0.25) is 4.98 Å². The lowest BCUT2D eigenvalue weighted by molar-refractivity contribution is -0.122. The fraction of sp³-hybridized carbons (Fsp3) is 0.645. The van der Waals surface area contributed by atoms with Crippen LogP contribution >= 0.6 is 0 Å². The second kappa shape index (κ2) is 8.13. The van der Waals surface area contributed by atoms with Gasteiger partial charge in [-0.1, -0.05) is 65.3 Å². The van der Waals surface area contributed by atoms with Crippen molar-refractivity contribution < 1.29 is 14.6 Å². The second-order valence-corrected chi connectivity index (χ2v) is 13.0. The molecule has 2 aliphatic heterocycles. The van der Waals surface area contributed by atoms with Gasteiger partial charge in [-0.25, -0.2) is 0 Å². The Morgan fingerprint density at radius 2 is 1.69 bits per heavy atom. The molecule has 188 valence electrons. The summed E-state index contributed by atoms with van der Waals surface area (Å²) >= 11 is 0. The normalized spacial score (nSPS) is 26.6. The Bertz CT molecular complexity index is 1120. The van der Waals surface area contributed by atoms with Crippen molar-refractivity contribution in [3.8, 4) is 0 Å². The lowest BCUT2D eigenvalue weighted by Crippen LogP contribution is -2.40. The molecule has 4 aliphatic rings. The zero-order chi connectivity index (χ0) is 24.6. The van der Waals surface area contributed by atoms with Crippen molar-refractivity contribution in [1.29, 1.82) is 0 Å². The van der Waals surface area contributed by atoms with Gasteiger partial charge in [0.25, 0.3) is 0 Å². The maximum atomic E-state index is 11.6. The third-order valence-corrected chi connectivity index (χ3v) is 9.29. The number of hydrogen-bond donors (Lipinski definition) is 1. The molecule has 4 nitrogen and oxygen atoms in total. The topological polar surface area (TPSA) is 51.6 Å². The Labute approximate surface area is 210 Å². The number of aliphatic hydroxyl groups excluding tert-OH is 1. The van der Waals surface area contributed by atoms with Gasteiger partial charge in [0.2, 0.25) is 0 Å². The predicted octanol–water partition coefficient (Wildman–Crippen LogP) is 6.78. The van der Waals surface area contributed by atoms with Gasteiger partial charge in [-0.15, -0.1) is 0 Å². The third-order valence-electron chi connectivity index (χ3n) is 9.29. The summed E-state index contributed by atoms with van der Waals surface area (Å²) in [5.74, 6) is 0.292. The highest BCUT2D eigenvalue weighted by Gasteiger charge is 2.53. The molecular weight excluding hydrogens is 434 g/mol. The van der Waals surface area contributed by atoms with Crippen LogP contribution in [0, 0.1) is 5.41 Å². The van der Waals surface area contributed by atoms with E-state index in [4.69, 9.17) is 14.5 Å². The summed E-state index contributed by atoms with van der Waals surface area (Å²) in [5.41, 5.74) is 8.38. The van der Waals surface area contributed by atoms with Crippen LogP contribution in [-0.4, -0.2) is 23.3 Å². The van der Waals surface area contributed by atoms with Crippen LogP contribution in [0.25, 0.3) is 0 Å². The first-order valence-electron chi connectivity index (χ1n) is 13.7. The van der Waals surface area contributed by atoms with Gasteiger partial charge < -0.3 is 14.6 Å². The van der Waals surface area contributed by atoms with Gasteiger partial charge in [0.15, 0.2) is 0 Å². The first kappa shape index (κ1) is 23.6. The zero-order valence-electron chi connectivity index (χ0n) is 22.1. The second-order valence-electron chi connectivity index (χ2n) is 13.0. The van der Waals surface area contributed by atoms with Gasteiger partial charge in [0.1, 0.15) is 6.10 Å². The molecule has 1 aromatic heterocycles. The Morgan fingerprint density at radius 1 is 1.00 bits per heavy atom. The maximum absolute atomic E-state index is 11.6. The molecule has 0 amide bonds. The number of rotatable bonds is 2. The molecule has 2 aromatic rings. The van der Waals surface area contributed by atoms with Crippen LogP contribution in [0.4, 0.5) is 0 Å². The minimum atomic E-state index is -0.452. The summed E-state index contributed by atoms with van der Waals surface area (Å²) in [7, 11) is 0. The largest absolute Gasteiger partial charge is 0.388 e. The van der Waals surface area contributed by atoms with Crippen molar-refractivity contribution >= 4 is 0 Å². The van der Waals surface area contributed by atoms with E-state index in [1.54, 1.807) is 0 Å². The van der Waals surface area contributed by atoms with Crippen molar-refractivity contribution in [1.82, 2.24) is 4.98 Å². The van der Waals surface area contributed by atoms with E-state index in [1.807, 2.05) is 0 Å². The molecular formula is C31H41NO3. The minimum absolute atomic E-state index is 0.111. The van der Waals surface area contributed by atoms with E-state index in [9.17, 15) is 5.11 Å². The zero-order valence-corrected chi connectivity index (χ0v) is 22.1. The highest BCUT2D eigenvalue weighted by atomic mass is 16.5. The lowest BCUT2D eigenvalue weighted by Gasteiger charge is -2.48. The molecule has 0 bridgehead atoms. The molecule has 1 aromatic carbocycles. The van der Waals surface area contributed by atoms with Crippen molar-refractivity contribution in [2.75, 3.05) is 13.2 Å². The predicted molar refractivity (Wildman–Crippen MR) is 138 cm³/mol. The molecule has 0 radical (unpaired) electrons. The van der Waals surface area contributed by atoms with Gasteiger partial charge in [0.05, 0.1) is 11.7 Å². The molecule has 3 heterocycles. The van der Waals surface area contributed by atoms with Crippen molar-refractivity contribution in [2.24, 2.45) is 5.41 Å². The maximum Gasteiger partial charge on any atom is 0.111 e. The van der Waals surface area contributed by atoms with E-state index in [1.165, 1.54) is 41.5 Å². The fourth-order valence-electron chi connectivity index (χ4n) is 7.18. The molecule has 1 N–H and O–H groups in total. The van der Waals surface area contributed by atoms with E-state index in [-0.39, 0.29) is 16.9 Å². The SMILES string of the molecule is CC(C)c1nc2c(c3c1C(c1ccc(C(C)(C)C)cc1)OC31CCOCC1)C(O)CC1(CCC1)C2. The van der Waals surface area contributed by atoms with E-state index in [0.717, 1.165) is 42.6 Å². The third kappa shape index (κ3) is 3.70. The summed E-state index contributed by atoms with van der Waals surface area (Å²) < 4.78 is 13.0. The van der Waals surface area contributed by atoms with Gasteiger partial charge in [-0.05, 0) is 59.1 Å². The van der Waals surface area contributed by atoms with Crippen molar-refractivity contribution in [3.63, 3.8) is 0 Å². The molecule has 2 fully saturated rings. The van der Waals surface area contributed by atoms with E-state index >= 15 is 0 Å². The number of pyridine rings is 1. The number of fused-ring (bicyclic) bond motifs is 4. The minimum Gasteiger partial charge on any atom is -0.388 e. The molecule has 2 aliphatic carbocycles. The average Bonchev–Trinajstić information content (AvgIpc) is 3.11. The number of benzene rings is 1. The molecule has 2 spiro atoms. The van der Waals surface area contributed by atoms with Crippen LogP contribution in [0.15, 0.2) is 24.3 Å². The van der Waals surface area contributed by atoms with E-state index in [2.05, 4.69) is 58.9 Å². The van der Waals surface area contributed by atoms with Crippen LogP contribution in [-0.2, 0) is 26.9 Å². The molecule has 2 unspecified atom stereocenters. The molecule has 6 rings (SSSR count). The standard InChI is InChI=1S/C31H41NO3/c1-19(2)27-25-26(24-22(32-27)17-30(11-6-12-30)18-23(24)33)31(13-15-34-16-14-31)35-28(25)20-7-9-21(10-8-20)29(3,4)5/h7-10,19,23,28,33H,6,11-18H2,1-5H3. The Hall–Kier alpha value is -1.75. The highest BCUT2D eigenvalue weighted by Crippen LogP contribution is 2.60. The van der Waals surface area contributed by atoms with Crippen molar-refractivity contribution in [3.05, 3.63) is 63.5 Å². The van der Waals surface area contributed by atoms with E-state index < -0.39 is 11.7 Å². The summed E-state index contributed by atoms with van der Waals surface area (Å²) in [5, 5.41) is 11.6. The van der Waals surface area contributed by atoms with Crippen LogP contribution < -0.4 is 0 Å². The Morgan fingerprint density at radius 3 is 2.26 bits per heavy atom. The lowest BCUT2D eigenvalue weighted by atomic mass is 9.58. The van der Waals surface area contributed by atoms with Gasteiger partial charge in [-0.2, -0.15) is 0 Å².